The smallest absolute Gasteiger partial charge is 0.0554 e. The van der Waals surface area contributed by atoms with E-state index in [1.807, 2.05) is 25.3 Å². The largest absolute Gasteiger partial charge is 0.397 e. The van der Waals surface area contributed by atoms with Crippen LogP contribution in [0.3, 0.4) is 0 Å². The summed E-state index contributed by atoms with van der Waals surface area (Å²) in [5.74, 6) is 0.811. The highest BCUT2D eigenvalue weighted by Crippen LogP contribution is 2.28. The molecule has 1 fully saturated rings. The van der Waals surface area contributed by atoms with Crippen LogP contribution in [0.5, 0.6) is 0 Å². The number of hydrogen-bond donors (Lipinski definition) is 4. The van der Waals surface area contributed by atoms with Crippen molar-refractivity contribution in [2.75, 3.05) is 18.0 Å². The van der Waals surface area contributed by atoms with Crippen molar-refractivity contribution in [3.63, 3.8) is 0 Å². The van der Waals surface area contributed by atoms with Gasteiger partial charge in [0, 0.05) is 24.5 Å². The Morgan fingerprint density at radius 2 is 2.06 bits per heavy atom. The van der Waals surface area contributed by atoms with E-state index in [2.05, 4.69) is 5.32 Å². The maximum absolute atomic E-state index is 7.51. The molecule has 0 bridgehead atoms. The van der Waals surface area contributed by atoms with Crippen molar-refractivity contribution in [1.29, 1.82) is 5.41 Å². The third kappa shape index (κ3) is 2.83. The Morgan fingerprint density at radius 1 is 1.39 bits per heavy atom. The Bertz CT molecular complexity index is 487. The second-order valence-corrected chi connectivity index (χ2v) is 4.89. The van der Waals surface area contributed by atoms with Gasteiger partial charge >= 0.3 is 0 Å². The monoisotopic (exact) mass is 244 g/mol. The van der Waals surface area contributed by atoms with Crippen LogP contribution in [0, 0.1) is 18.3 Å². The summed E-state index contributed by atoms with van der Waals surface area (Å²) in [5, 5.41) is 10.8. The van der Waals surface area contributed by atoms with Crippen LogP contribution < -0.4 is 16.8 Å². The Balaban J connectivity index is 2.19. The Labute approximate surface area is 108 Å². The average Bonchev–Trinajstić information content (AvgIpc) is 3.14. The summed E-state index contributed by atoms with van der Waals surface area (Å²) in [7, 11) is 0. The molecule has 0 unspecified atom stereocenters. The lowest BCUT2D eigenvalue weighted by Gasteiger charge is -2.10. The molecule has 4 heteroatoms. The number of rotatable bonds is 5. The summed E-state index contributed by atoms with van der Waals surface area (Å²) in [6, 6.07) is 3.68. The number of nitrogens with one attached hydrogen (secondary N) is 2. The molecule has 0 saturated heterocycles. The van der Waals surface area contributed by atoms with E-state index in [9.17, 15) is 0 Å². The molecular formula is C14H20N4. The number of aryl methyl sites for hydroxylation is 1. The molecule has 6 N–H and O–H groups in total. The second kappa shape index (κ2) is 5.12. The highest BCUT2D eigenvalue weighted by Gasteiger charge is 2.19. The van der Waals surface area contributed by atoms with Crippen molar-refractivity contribution in [2.24, 2.45) is 5.92 Å². The van der Waals surface area contributed by atoms with Crippen LogP contribution >= 0.6 is 0 Å². The number of nitrogens with two attached hydrogens (primary N) is 2. The van der Waals surface area contributed by atoms with E-state index in [4.69, 9.17) is 16.9 Å². The zero-order chi connectivity index (χ0) is 13.1. The predicted molar refractivity (Wildman–Crippen MR) is 77.5 cm³/mol. The van der Waals surface area contributed by atoms with Crippen molar-refractivity contribution in [2.45, 2.75) is 19.8 Å². The Kier molecular flexibility index (Phi) is 3.55. The molecule has 0 spiro atoms. The number of hydrogen-bond acceptors (Lipinski definition) is 4. The number of anilines is 2. The van der Waals surface area contributed by atoms with Gasteiger partial charge in [-0.15, -0.1) is 0 Å². The van der Waals surface area contributed by atoms with Gasteiger partial charge < -0.3 is 22.2 Å². The fourth-order valence-corrected chi connectivity index (χ4v) is 1.91. The van der Waals surface area contributed by atoms with Crippen molar-refractivity contribution >= 4 is 23.2 Å². The lowest BCUT2D eigenvalue weighted by atomic mass is 10.0. The first-order chi connectivity index (χ1) is 8.61. The molecular weight excluding hydrogens is 224 g/mol. The SMILES string of the molecule is Cc1cc(N)c(N)cc1/C(C=N)=C/NCC1CC1. The maximum Gasteiger partial charge on any atom is 0.0554 e. The summed E-state index contributed by atoms with van der Waals surface area (Å²) < 4.78 is 0. The standard InChI is InChI=1S/C14H20N4/c1-9-4-13(16)14(17)5-12(9)11(6-15)8-18-7-10-2-3-10/h4-6,8,10,15,18H,2-3,7,16-17H2,1H3/b11-8+,15-6?. The van der Waals surface area contributed by atoms with Crippen molar-refractivity contribution in [3.8, 4) is 0 Å². The maximum atomic E-state index is 7.51. The lowest BCUT2D eigenvalue weighted by Crippen LogP contribution is -2.10. The minimum Gasteiger partial charge on any atom is -0.397 e. The molecule has 0 radical (unpaired) electrons. The first kappa shape index (κ1) is 12.5. The zero-order valence-electron chi connectivity index (χ0n) is 10.7. The Hall–Kier alpha value is -1.97. The quantitative estimate of drug-likeness (QED) is 0.472. The molecule has 96 valence electrons. The fraction of sp³-hybridized carbons (Fsp3) is 0.357. The van der Waals surface area contributed by atoms with Crippen LogP contribution in [0.4, 0.5) is 11.4 Å². The molecule has 1 saturated carbocycles. The average molecular weight is 244 g/mol. The van der Waals surface area contributed by atoms with Gasteiger partial charge in [-0.25, -0.2) is 0 Å². The van der Waals surface area contributed by atoms with Gasteiger partial charge in [0.15, 0.2) is 0 Å². The van der Waals surface area contributed by atoms with Gasteiger partial charge in [-0.3, -0.25) is 0 Å². The summed E-state index contributed by atoms with van der Waals surface area (Å²) in [6.07, 6.45) is 5.87. The van der Waals surface area contributed by atoms with E-state index in [1.165, 1.54) is 19.1 Å². The second-order valence-electron chi connectivity index (χ2n) is 4.89. The van der Waals surface area contributed by atoms with Gasteiger partial charge in [-0.2, -0.15) is 0 Å². The van der Waals surface area contributed by atoms with E-state index in [1.54, 1.807) is 0 Å². The number of benzene rings is 1. The van der Waals surface area contributed by atoms with Crippen LogP contribution in [0.2, 0.25) is 0 Å². The van der Waals surface area contributed by atoms with E-state index in [0.29, 0.717) is 11.4 Å². The van der Waals surface area contributed by atoms with Crippen LogP contribution in [0.25, 0.3) is 5.57 Å². The molecule has 18 heavy (non-hydrogen) atoms. The van der Waals surface area contributed by atoms with Gasteiger partial charge in [0.25, 0.3) is 0 Å². The molecule has 1 aromatic rings. The topological polar surface area (TPSA) is 87.9 Å². The third-order valence-electron chi connectivity index (χ3n) is 3.26. The summed E-state index contributed by atoms with van der Waals surface area (Å²) in [5.41, 5.74) is 15.6. The molecule has 0 aromatic heterocycles. The molecule has 0 heterocycles. The van der Waals surface area contributed by atoms with Crippen molar-refractivity contribution < 1.29 is 0 Å². The Morgan fingerprint density at radius 3 is 2.67 bits per heavy atom. The van der Waals surface area contributed by atoms with E-state index < -0.39 is 0 Å². The fourth-order valence-electron chi connectivity index (χ4n) is 1.91. The zero-order valence-corrected chi connectivity index (χ0v) is 10.7. The first-order valence-electron chi connectivity index (χ1n) is 6.22. The normalized spacial score (nSPS) is 15.5. The third-order valence-corrected chi connectivity index (χ3v) is 3.26. The predicted octanol–water partition coefficient (Wildman–Crippen LogP) is 2.15. The molecule has 0 aliphatic heterocycles. The van der Waals surface area contributed by atoms with Gasteiger partial charge in [0.2, 0.25) is 0 Å². The van der Waals surface area contributed by atoms with Crippen LogP contribution in [0.15, 0.2) is 18.3 Å². The van der Waals surface area contributed by atoms with E-state index >= 15 is 0 Å². The molecule has 0 amide bonds. The van der Waals surface area contributed by atoms with Gasteiger partial charge in [-0.05, 0) is 48.9 Å². The summed E-state index contributed by atoms with van der Waals surface area (Å²) in [6.45, 7) is 2.96. The van der Waals surface area contributed by atoms with E-state index in [-0.39, 0.29) is 0 Å². The molecule has 4 nitrogen and oxygen atoms in total. The molecule has 1 aliphatic carbocycles. The first-order valence-corrected chi connectivity index (χ1v) is 6.22. The van der Waals surface area contributed by atoms with Crippen LogP contribution in [-0.4, -0.2) is 12.8 Å². The van der Waals surface area contributed by atoms with Crippen molar-refractivity contribution in [3.05, 3.63) is 29.5 Å². The minimum absolute atomic E-state index is 0.561. The van der Waals surface area contributed by atoms with E-state index in [0.717, 1.165) is 29.2 Å². The molecule has 1 aromatic carbocycles. The lowest BCUT2D eigenvalue weighted by molar-refractivity contribution is 0.749. The van der Waals surface area contributed by atoms with Gasteiger partial charge in [0.05, 0.1) is 11.4 Å². The van der Waals surface area contributed by atoms with Gasteiger partial charge in [0.1, 0.15) is 0 Å². The van der Waals surface area contributed by atoms with Crippen LogP contribution in [0.1, 0.15) is 24.0 Å². The highest BCUT2D eigenvalue weighted by atomic mass is 14.8. The molecule has 1 aliphatic rings. The molecule has 2 rings (SSSR count). The highest BCUT2D eigenvalue weighted by molar-refractivity contribution is 6.09. The van der Waals surface area contributed by atoms with Crippen LogP contribution in [-0.2, 0) is 0 Å². The number of nitrogen functional groups attached to an aromatic ring is 2. The van der Waals surface area contributed by atoms with Crippen molar-refractivity contribution in [1.82, 2.24) is 5.32 Å². The molecule has 0 atom stereocenters. The van der Waals surface area contributed by atoms with Gasteiger partial charge in [-0.1, -0.05) is 0 Å². The number of allylic oxidation sites excluding steroid dienone is 1. The summed E-state index contributed by atoms with van der Waals surface area (Å²) >= 11 is 0. The summed E-state index contributed by atoms with van der Waals surface area (Å²) in [4.78, 5) is 0. The minimum atomic E-state index is 0.561.